The topological polar surface area (TPSA) is 385 Å². The van der Waals surface area contributed by atoms with Gasteiger partial charge in [0, 0.05) is 31.3 Å². The summed E-state index contributed by atoms with van der Waals surface area (Å²) < 4.78 is 95.2. The lowest BCUT2D eigenvalue weighted by Gasteiger charge is -2.17. The molecular formula is C35H54F9N9O12. The van der Waals surface area contributed by atoms with E-state index in [9.17, 15) is 68.9 Å². The van der Waals surface area contributed by atoms with E-state index in [4.69, 9.17) is 52.6 Å². The number of phenolic OH excluding ortho intramolecular Hbond substituents is 2. The lowest BCUT2D eigenvalue weighted by atomic mass is 10.1. The maximum atomic E-state index is 12.5. The van der Waals surface area contributed by atoms with Gasteiger partial charge in [-0.15, -0.1) is 0 Å². The minimum Gasteiger partial charge on any atom is -0.508 e. The summed E-state index contributed by atoms with van der Waals surface area (Å²) >= 11 is 0. The molecule has 0 saturated heterocycles. The number of hydrogen-bond donors (Lipinski definition) is 13. The summed E-state index contributed by atoms with van der Waals surface area (Å²) in [6.07, 6.45) is -7.54. The third-order valence-corrected chi connectivity index (χ3v) is 7.43. The first-order valence-corrected chi connectivity index (χ1v) is 18.9. The number of aromatic hydroxyl groups is 2. The summed E-state index contributed by atoms with van der Waals surface area (Å²) in [7, 11) is 0. The number of carboxylic acids is 3. The lowest BCUT2D eigenvalue weighted by Crippen LogP contribution is -2.49. The Bertz CT molecular complexity index is 1610. The molecule has 0 radical (unpaired) electrons. The summed E-state index contributed by atoms with van der Waals surface area (Å²) in [5.74, 6) is -10.7. The first kappa shape index (κ1) is 63.0. The van der Waals surface area contributed by atoms with E-state index in [2.05, 4.69) is 26.3 Å². The molecule has 0 saturated carbocycles. The number of amides is 4. The van der Waals surface area contributed by atoms with Crippen molar-refractivity contribution < 1.29 is 98.6 Å². The first-order chi connectivity index (χ1) is 29.8. The smallest absolute Gasteiger partial charge is 0.490 e. The second kappa shape index (κ2) is 33.2. The molecule has 0 spiro atoms. The number of nitrogens with one attached hydrogen (secondary N) is 4. The van der Waals surface area contributed by atoms with Crippen molar-refractivity contribution in [2.24, 2.45) is 27.9 Å². The van der Waals surface area contributed by atoms with Gasteiger partial charge in [0.15, 0.2) is 5.96 Å². The molecule has 1 aromatic rings. The summed E-state index contributed by atoms with van der Waals surface area (Å²) in [5, 5.41) is 52.0. The number of guanidine groups is 1. The van der Waals surface area contributed by atoms with Gasteiger partial charge in [-0.3, -0.25) is 24.2 Å². The number of benzene rings is 1. The normalized spacial score (nSPS) is 11.8. The quantitative estimate of drug-likeness (QED) is 0.0295. The van der Waals surface area contributed by atoms with Gasteiger partial charge in [0.1, 0.15) is 17.5 Å². The van der Waals surface area contributed by atoms with Crippen LogP contribution in [0.2, 0.25) is 0 Å². The van der Waals surface area contributed by atoms with Crippen LogP contribution in [0, 0.1) is 0 Å². The van der Waals surface area contributed by atoms with E-state index in [-0.39, 0.29) is 41.8 Å². The zero-order chi connectivity index (χ0) is 51.0. The predicted molar refractivity (Wildman–Crippen MR) is 209 cm³/mol. The fourth-order valence-corrected chi connectivity index (χ4v) is 4.25. The fraction of sp³-hybridized carbons (Fsp3) is 0.600. The molecule has 1 rings (SSSR count). The number of aliphatic imine (C=N–C) groups is 1. The molecule has 21 nitrogen and oxygen atoms in total. The molecule has 1 aromatic carbocycles. The van der Waals surface area contributed by atoms with Crippen LogP contribution in [0.4, 0.5) is 39.5 Å². The van der Waals surface area contributed by atoms with Crippen LogP contribution < -0.4 is 44.2 Å². The molecule has 0 aliphatic heterocycles. The van der Waals surface area contributed by atoms with E-state index in [0.717, 1.165) is 70.5 Å². The number of nitrogens with two attached hydrogens (primary N) is 4. The number of hydrogen-bond acceptors (Lipinski definition) is 12. The van der Waals surface area contributed by atoms with Crippen LogP contribution in [-0.4, -0.2) is 136 Å². The fourth-order valence-electron chi connectivity index (χ4n) is 4.25. The number of carbonyl (C=O) groups is 7. The summed E-state index contributed by atoms with van der Waals surface area (Å²) in [5.41, 5.74) is 21.8. The second-order valence-electron chi connectivity index (χ2n) is 13.1. The van der Waals surface area contributed by atoms with Crippen molar-refractivity contribution in [3.8, 4) is 11.5 Å². The number of alkyl halides is 9. The van der Waals surface area contributed by atoms with E-state index < -0.39 is 66.2 Å². The average molecular weight is 964 g/mol. The number of unbranched alkanes of at least 4 members (excludes halogenated alkanes) is 6. The van der Waals surface area contributed by atoms with Gasteiger partial charge in [0.25, 0.3) is 0 Å². The van der Waals surface area contributed by atoms with E-state index >= 15 is 0 Å². The highest BCUT2D eigenvalue weighted by Gasteiger charge is 2.39. The van der Waals surface area contributed by atoms with Gasteiger partial charge >= 0.3 is 36.4 Å². The molecule has 0 aliphatic carbocycles. The lowest BCUT2D eigenvalue weighted by molar-refractivity contribution is -0.193. The number of nitrogens with zero attached hydrogens (tertiary/aromatic N) is 1. The molecule has 30 heteroatoms. The van der Waals surface area contributed by atoms with Gasteiger partial charge in [-0.25, -0.2) is 14.4 Å². The van der Waals surface area contributed by atoms with E-state index in [1.807, 2.05) is 0 Å². The zero-order valence-electron chi connectivity index (χ0n) is 34.5. The van der Waals surface area contributed by atoms with Crippen LogP contribution in [0.15, 0.2) is 23.2 Å². The molecule has 4 amide bonds. The Morgan fingerprint density at radius 1 is 0.631 bits per heavy atom. The Hall–Kier alpha value is -6.33. The molecule has 0 bridgehead atoms. The number of primary amides is 1. The molecule has 0 aliphatic rings. The maximum Gasteiger partial charge on any atom is 0.490 e. The molecule has 2 atom stereocenters. The van der Waals surface area contributed by atoms with E-state index in [1.54, 1.807) is 0 Å². The summed E-state index contributed by atoms with van der Waals surface area (Å²) in [6, 6.07) is 2.10. The highest BCUT2D eigenvalue weighted by molar-refractivity contribution is 5.92. The van der Waals surface area contributed by atoms with Gasteiger partial charge < -0.3 is 69.7 Å². The van der Waals surface area contributed by atoms with Crippen molar-refractivity contribution >= 4 is 47.5 Å². The second-order valence-corrected chi connectivity index (χ2v) is 13.1. The molecule has 65 heavy (non-hydrogen) atoms. The number of aliphatic carboxylic acids is 3. The molecule has 17 N–H and O–H groups in total. The average Bonchev–Trinajstić information content (AvgIpc) is 3.16. The van der Waals surface area contributed by atoms with Crippen LogP contribution in [0.5, 0.6) is 11.5 Å². The van der Waals surface area contributed by atoms with Crippen molar-refractivity contribution in [3.63, 3.8) is 0 Å². The van der Waals surface area contributed by atoms with Gasteiger partial charge in [0.05, 0.1) is 18.9 Å². The van der Waals surface area contributed by atoms with E-state index in [0.29, 0.717) is 26.1 Å². The summed E-state index contributed by atoms with van der Waals surface area (Å²) in [6.45, 7) is 3.02. The van der Waals surface area contributed by atoms with Gasteiger partial charge in [-0.05, 0) is 51.3 Å². The Labute approximate surface area is 364 Å². The Kier molecular flexibility index (Phi) is 32.2. The number of carbonyl (C=O) groups excluding carboxylic acids is 4. The summed E-state index contributed by atoms with van der Waals surface area (Å²) in [4.78, 5) is 78.8. The molecule has 0 aromatic heterocycles. The molecule has 0 heterocycles. The number of phenols is 2. The zero-order valence-corrected chi connectivity index (χ0v) is 34.5. The predicted octanol–water partition coefficient (Wildman–Crippen LogP) is 0.834. The van der Waals surface area contributed by atoms with Gasteiger partial charge in [0.2, 0.25) is 23.6 Å². The van der Waals surface area contributed by atoms with Crippen LogP contribution in [0.1, 0.15) is 69.8 Å². The van der Waals surface area contributed by atoms with Crippen molar-refractivity contribution in [2.75, 3.05) is 32.7 Å². The SMILES string of the molecule is NC(=O)C[C@H](NC(=O)Cc1ccc(O)cc1O)C(=O)NCCCCNCCCCCCCCNC(=O)[C@@H](N)CCN=C(N)N.O=C(O)C(F)(F)F.O=C(O)C(F)(F)F.O=C(O)C(F)(F)F. The highest BCUT2D eigenvalue weighted by atomic mass is 19.4. The molecule has 374 valence electrons. The maximum absolute atomic E-state index is 12.5. The third kappa shape index (κ3) is 37.9. The van der Waals surface area contributed by atoms with Crippen LogP contribution in [-0.2, 0) is 40.0 Å². The monoisotopic (exact) mass is 963 g/mol. The van der Waals surface area contributed by atoms with Gasteiger partial charge in [-0.2, -0.15) is 39.5 Å². The van der Waals surface area contributed by atoms with Crippen molar-refractivity contribution in [3.05, 3.63) is 23.8 Å². The molecule has 0 unspecified atom stereocenters. The largest absolute Gasteiger partial charge is 0.508 e. The minimum absolute atomic E-state index is 0.0139. The molecular weight excluding hydrogens is 909 g/mol. The van der Waals surface area contributed by atoms with Crippen LogP contribution in [0.3, 0.4) is 0 Å². The standard InChI is InChI=1S/C29H51N9O6.3C2HF3O2/c30-22(11-16-37-29(32)33)27(43)35-14-6-4-2-1-3-5-12-34-13-7-8-15-36-28(44)23(19-25(31)41)38-26(42)17-20-9-10-21(39)18-24(20)40;3*3-2(4,5)1(6)7/h9-10,18,22-23,34,39-40H,1-8,11-17,19,30H2,(H2,31,41)(H,35,43)(H,36,44)(H,38,42)(H4,32,33,37);3*(H,6,7)/t22-,23-;;;/m0.../s1. The third-order valence-electron chi connectivity index (χ3n) is 7.43. The molecule has 0 fully saturated rings. The Balaban J connectivity index is -0.00000149. The Morgan fingerprint density at radius 2 is 1.03 bits per heavy atom. The van der Waals surface area contributed by atoms with E-state index in [1.165, 1.54) is 12.1 Å². The van der Waals surface area contributed by atoms with Crippen molar-refractivity contribution in [1.82, 2.24) is 21.3 Å². The van der Waals surface area contributed by atoms with Crippen molar-refractivity contribution in [2.45, 2.75) is 101 Å². The highest BCUT2D eigenvalue weighted by Crippen LogP contribution is 2.23. The number of halogens is 9. The number of carboxylic acid groups (broad SMARTS) is 3. The van der Waals surface area contributed by atoms with Crippen molar-refractivity contribution in [1.29, 1.82) is 0 Å². The van der Waals surface area contributed by atoms with Crippen LogP contribution in [0.25, 0.3) is 0 Å². The number of rotatable bonds is 24. The van der Waals surface area contributed by atoms with Crippen LogP contribution >= 0.6 is 0 Å². The minimum atomic E-state index is -5.08. The Morgan fingerprint density at radius 3 is 1.45 bits per heavy atom. The van der Waals surface area contributed by atoms with Gasteiger partial charge in [-0.1, -0.05) is 31.7 Å². The first-order valence-electron chi connectivity index (χ1n) is 18.9.